The van der Waals surface area contributed by atoms with E-state index in [0.717, 1.165) is 60.3 Å². The van der Waals surface area contributed by atoms with Gasteiger partial charge in [-0.15, -0.1) is 0 Å². The Morgan fingerprint density at radius 2 is 1.93 bits per heavy atom. The number of pyridine rings is 1. The molecule has 1 N–H and O–H groups in total. The first-order chi connectivity index (χ1) is 14.5. The van der Waals surface area contributed by atoms with Crippen LogP contribution in [-0.2, 0) is 5.54 Å². The van der Waals surface area contributed by atoms with Gasteiger partial charge in [-0.2, -0.15) is 0 Å². The van der Waals surface area contributed by atoms with E-state index in [2.05, 4.69) is 34.8 Å². The highest BCUT2D eigenvalue weighted by molar-refractivity contribution is 5.64. The minimum Gasteiger partial charge on any atom is -0.371 e. The third-order valence-electron chi connectivity index (χ3n) is 6.23. The molecule has 1 spiro atoms. The molecule has 0 radical (unpaired) electrons. The number of anilines is 1. The van der Waals surface area contributed by atoms with E-state index in [9.17, 15) is 8.78 Å². The molecule has 1 fully saturated rings. The van der Waals surface area contributed by atoms with Crippen molar-refractivity contribution in [3.05, 3.63) is 77.0 Å². The molecule has 2 aliphatic rings. The Bertz CT molecular complexity index is 1140. The molecule has 0 saturated heterocycles. The van der Waals surface area contributed by atoms with Crippen LogP contribution in [0.15, 0.2) is 48.3 Å². The number of halogens is 2. The molecule has 3 aromatic rings. The topological polar surface area (TPSA) is 42.7 Å². The quantitative estimate of drug-likeness (QED) is 0.572. The van der Waals surface area contributed by atoms with Gasteiger partial charge in [0, 0.05) is 17.7 Å². The number of hydrogen-bond acceptors (Lipinski definition) is 3. The first-order valence-electron chi connectivity index (χ1n) is 10.4. The normalized spacial score (nSPS) is 20.1. The number of fused-ring (bicyclic) bond motifs is 4. The SMILES string of the molecule is CC(C)c1ncc2n1-c1ncccc1NC21CCC(=Cc2cc(F)ccc2F)CC1. The second-order valence-electron chi connectivity index (χ2n) is 8.54. The van der Waals surface area contributed by atoms with Crippen molar-refractivity contribution in [3.63, 3.8) is 0 Å². The van der Waals surface area contributed by atoms with E-state index >= 15 is 0 Å². The van der Waals surface area contributed by atoms with Gasteiger partial charge in [-0.05, 0) is 56.0 Å². The van der Waals surface area contributed by atoms with Gasteiger partial charge >= 0.3 is 0 Å². The number of imidazole rings is 1. The minimum atomic E-state index is -0.418. The average Bonchev–Trinajstić information content (AvgIpc) is 3.19. The maximum absolute atomic E-state index is 14.1. The van der Waals surface area contributed by atoms with Crippen LogP contribution in [0.1, 0.15) is 62.5 Å². The van der Waals surface area contributed by atoms with E-state index in [1.54, 1.807) is 6.08 Å². The zero-order chi connectivity index (χ0) is 20.9. The van der Waals surface area contributed by atoms with Crippen LogP contribution in [0.4, 0.5) is 14.5 Å². The molecular weight excluding hydrogens is 382 g/mol. The van der Waals surface area contributed by atoms with Gasteiger partial charge in [0.05, 0.1) is 23.1 Å². The number of benzene rings is 1. The van der Waals surface area contributed by atoms with Crippen molar-refractivity contribution in [2.24, 2.45) is 0 Å². The van der Waals surface area contributed by atoms with Crippen molar-refractivity contribution in [3.8, 4) is 5.82 Å². The smallest absolute Gasteiger partial charge is 0.161 e. The molecule has 0 bridgehead atoms. The lowest BCUT2D eigenvalue weighted by Crippen LogP contribution is -2.43. The predicted octanol–water partition coefficient (Wildman–Crippen LogP) is 5.95. The predicted molar refractivity (Wildman–Crippen MR) is 114 cm³/mol. The summed E-state index contributed by atoms with van der Waals surface area (Å²) in [6.45, 7) is 4.28. The van der Waals surface area contributed by atoms with Crippen LogP contribution in [0.3, 0.4) is 0 Å². The van der Waals surface area contributed by atoms with Crippen LogP contribution in [0.25, 0.3) is 11.9 Å². The summed E-state index contributed by atoms with van der Waals surface area (Å²) >= 11 is 0. The Morgan fingerprint density at radius 1 is 1.13 bits per heavy atom. The fourth-order valence-electron chi connectivity index (χ4n) is 4.70. The Hall–Kier alpha value is -3.02. The second-order valence-corrected chi connectivity index (χ2v) is 8.54. The van der Waals surface area contributed by atoms with Gasteiger partial charge in [0.25, 0.3) is 0 Å². The number of aromatic nitrogens is 3. The first-order valence-corrected chi connectivity index (χ1v) is 10.4. The number of allylic oxidation sites excluding steroid dienone is 1. The standard InChI is InChI=1S/C24H24F2N4/c1-15(2)22-28-14-21-24(29-20-4-3-11-27-23(20)30(21)22)9-7-16(8-10-24)12-17-13-18(25)5-6-19(17)26/h3-6,11-15,29H,7-10H2,1-2H3. The van der Waals surface area contributed by atoms with Crippen LogP contribution >= 0.6 is 0 Å². The third kappa shape index (κ3) is 3.02. The summed E-state index contributed by atoms with van der Waals surface area (Å²) in [4.78, 5) is 9.35. The van der Waals surface area contributed by atoms with Gasteiger partial charge in [-0.1, -0.05) is 25.5 Å². The molecule has 154 valence electrons. The van der Waals surface area contributed by atoms with Crippen molar-refractivity contribution < 1.29 is 8.78 Å². The van der Waals surface area contributed by atoms with Gasteiger partial charge in [-0.3, -0.25) is 4.57 Å². The van der Waals surface area contributed by atoms with Crippen molar-refractivity contribution in [1.29, 1.82) is 0 Å². The zero-order valence-corrected chi connectivity index (χ0v) is 17.1. The fourth-order valence-corrected chi connectivity index (χ4v) is 4.70. The summed E-state index contributed by atoms with van der Waals surface area (Å²) in [6.07, 6.45) is 8.91. The van der Waals surface area contributed by atoms with Crippen LogP contribution < -0.4 is 5.32 Å². The highest BCUT2D eigenvalue weighted by atomic mass is 19.1. The van der Waals surface area contributed by atoms with E-state index in [0.29, 0.717) is 5.56 Å². The van der Waals surface area contributed by atoms with E-state index in [1.165, 1.54) is 12.1 Å². The molecule has 1 saturated carbocycles. The monoisotopic (exact) mass is 406 g/mol. The molecule has 0 amide bonds. The third-order valence-corrected chi connectivity index (χ3v) is 6.23. The zero-order valence-electron chi connectivity index (χ0n) is 17.1. The lowest BCUT2D eigenvalue weighted by Gasteiger charge is -2.43. The van der Waals surface area contributed by atoms with E-state index in [4.69, 9.17) is 4.98 Å². The minimum absolute atomic E-state index is 0.242. The number of hydrogen-bond donors (Lipinski definition) is 1. The summed E-state index contributed by atoms with van der Waals surface area (Å²) in [5.41, 5.74) is 3.36. The summed E-state index contributed by atoms with van der Waals surface area (Å²) in [5.74, 6) is 1.37. The number of nitrogens with one attached hydrogen (secondary N) is 1. The highest BCUT2D eigenvalue weighted by Crippen LogP contribution is 2.47. The molecule has 0 atom stereocenters. The number of rotatable bonds is 2. The highest BCUT2D eigenvalue weighted by Gasteiger charge is 2.42. The van der Waals surface area contributed by atoms with Gasteiger partial charge in [0.1, 0.15) is 17.5 Å². The van der Waals surface area contributed by atoms with E-state index < -0.39 is 5.82 Å². The van der Waals surface area contributed by atoms with Gasteiger partial charge < -0.3 is 5.32 Å². The van der Waals surface area contributed by atoms with Crippen LogP contribution in [0.5, 0.6) is 0 Å². The number of nitrogens with zero attached hydrogens (tertiary/aromatic N) is 3. The molecule has 4 nitrogen and oxygen atoms in total. The van der Waals surface area contributed by atoms with Gasteiger partial charge in [-0.25, -0.2) is 18.7 Å². The van der Waals surface area contributed by atoms with Crippen LogP contribution in [0.2, 0.25) is 0 Å². The van der Waals surface area contributed by atoms with Gasteiger partial charge in [0.2, 0.25) is 0 Å². The summed E-state index contributed by atoms with van der Waals surface area (Å²) in [6, 6.07) is 7.60. The largest absolute Gasteiger partial charge is 0.371 e. The molecule has 2 aromatic heterocycles. The summed E-state index contributed by atoms with van der Waals surface area (Å²) in [5, 5.41) is 3.74. The van der Waals surface area contributed by atoms with Crippen molar-refractivity contribution in [2.45, 2.75) is 51.0 Å². The van der Waals surface area contributed by atoms with E-state index in [1.807, 2.05) is 18.5 Å². The maximum atomic E-state index is 14.1. The van der Waals surface area contributed by atoms with E-state index in [-0.39, 0.29) is 17.3 Å². The fraction of sp³-hybridized carbons (Fsp3) is 0.333. The van der Waals surface area contributed by atoms with Crippen LogP contribution in [0, 0.1) is 11.6 Å². The molecule has 30 heavy (non-hydrogen) atoms. The van der Waals surface area contributed by atoms with Crippen LogP contribution in [-0.4, -0.2) is 14.5 Å². The summed E-state index contributed by atoms with van der Waals surface area (Å²) in [7, 11) is 0. The molecular formula is C24H24F2N4. The lowest BCUT2D eigenvalue weighted by atomic mass is 9.76. The van der Waals surface area contributed by atoms with Crippen molar-refractivity contribution in [1.82, 2.24) is 14.5 Å². The second kappa shape index (κ2) is 7.04. The molecule has 1 aliphatic heterocycles. The summed E-state index contributed by atoms with van der Waals surface area (Å²) < 4.78 is 29.8. The molecule has 6 heteroatoms. The Labute approximate surface area is 174 Å². The Morgan fingerprint density at radius 3 is 2.70 bits per heavy atom. The first kappa shape index (κ1) is 19.0. The molecule has 3 heterocycles. The Kier molecular flexibility index (Phi) is 4.45. The molecule has 1 aliphatic carbocycles. The lowest BCUT2D eigenvalue weighted by molar-refractivity contribution is 0.355. The molecule has 1 aromatic carbocycles. The molecule has 0 unspecified atom stereocenters. The maximum Gasteiger partial charge on any atom is 0.161 e. The van der Waals surface area contributed by atoms with Crippen molar-refractivity contribution >= 4 is 11.8 Å². The van der Waals surface area contributed by atoms with Gasteiger partial charge in [0.15, 0.2) is 5.82 Å². The molecule has 5 rings (SSSR count). The van der Waals surface area contributed by atoms with Crippen molar-refractivity contribution in [2.75, 3.05) is 5.32 Å². The average molecular weight is 406 g/mol. The Balaban J connectivity index is 1.50.